The van der Waals surface area contributed by atoms with Gasteiger partial charge in [-0.05, 0) is 46.5 Å². The third kappa shape index (κ3) is 5.31. The molecule has 0 unspecified atom stereocenters. The highest BCUT2D eigenvalue weighted by atomic mass is 32.2. The Hall–Kier alpha value is -2.42. The number of benzene rings is 4. The molecule has 4 aromatic carbocycles. The van der Waals surface area contributed by atoms with Crippen molar-refractivity contribution in [3.63, 3.8) is 0 Å². The molecule has 0 aromatic heterocycles. The summed E-state index contributed by atoms with van der Waals surface area (Å²) in [6, 6.07) is 39.0. The molecule has 28 heavy (non-hydrogen) atoms. The van der Waals surface area contributed by atoms with Crippen LogP contribution in [0.25, 0.3) is 11.1 Å². The van der Waals surface area contributed by atoms with E-state index in [1.54, 1.807) is 0 Å². The summed E-state index contributed by atoms with van der Waals surface area (Å²) in [5.74, 6) is 2.00. The lowest BCUT2D eigenvalue weighted by atomic mass is 10.0. The zero-order chi connectivity index (χ0) is 19.0. The first-order valence-electron chi connectivity index (χ1n) is 9.41. The maximum Gasteiger partial charge on any atom is 0.0232 e. The predicted octanol–water partition coefficient (Wildman–Crippen LogP) is 7.94. The van der Waals surface area contributed by atoms with Gasteiger partial charge in [-0.2, -0.15) is 0 Å². The van der Waals surface area contributed by atoms with E-state index in [1.807, 2.05) is 23.5 Å². The molecule has 0 aliphatic rings. The fourth-order valence-corrected chi connectivity index (χ4v) is 4.70. The molecule has 0 heterocycles. The normalized spacial score (nSPS) is 10.7. The van der Waals surface area contributed by atoms with Crippen molar-refractivity contribution < 1.29 is 0 Å². The Morgan fingerprint density at radius 2 is 0.750 bits per heavy atom. The van der Waals surface area contributed by atoms with E-state index >= 15 is 0 Å². The van der Waals surface area contributed by atoms with Gasteiger partial charge in [0.05, 0.1) is 0 Å². The van der Waals surface area contributed by atoms with Gasteiger partial charge in [0.1, 0.15) is 0 Å². The molecular weight excluding hydrogens is 376 g/mol. The largest absolute Gasteiger partial charge is 0.121 e. The van der Waals surface area contributed by atoms with Crippen molar-refractivity contribution in [3.8, 4) is 11.1 Å². The molecule has 138 valence electrons. The monoisotopic (exact) mass is 398 g/mol. The Morgan fingerprint density at radius 1 is 0.393 bits per heavy atom. The van der Waals surface area contributed by atoms with E-state index in [2.05, 4.69) is 109 Å². The Morgan fingerprint density at radius 3 is 1.11 bits per heavy atom. The van der Waals surface area contributed by atoms with Gasteiger partial charge in [-0.1, -0.05) is 84.9 Å². The fourth-order valence-electron chi connectivity index (χ4n) is 2.95. The minimum absolute atomic E-state index is 1.000. The maximum absolute atomic E-state index is 2.24. The summed E-state index contributed by atoms with van der Waals surface area (Å²) in [7, 11) is 0. The quantitative estimate of drug-likeness (QED) is 0.290. The van der Waals surface area contributed by atoms with E-state index in [4.69, 9.17) is 0 Å². The van der Waals surface area contributed by atoms with Gasteiger partial charge in [0.15, 0.2) is 0 Å². The molecule has 0 amide bonds. The molecule has 4 rings (SSSR count). The van der Waals surface area contributed by atoms with Gasteiger partial charge in [0, 0.05) is 21.3 Å². The number of hydrogen-bond donors (Lipinski definition) is 0. The average molecular weight is 399 g/mol. The van der Waals surface area contributed by atoms with Crippen LogP contribution in [0.4, 0.5) is 0 Å². The molecule has 4 aromatic rings. The molecule has 2 heteroatoms. The van der Waals surface area contributed by atoms with Crippen molar-refractivity contribution >= 4 is 23.5 Å². The van der Waals surface area contributed by atoms with Gasteiger partial charge in [-0.25, -0.2) is 0 Å². The summed E-state index contributed by atoms with van der Waals surface area (Å²) in [5.41, 5.74) is 5.26. The second-order valence-electron chi connectivity index (χ2n) is 6.60. The lowest BCUT2D eigenvalue weighted by Crippen LogP contribution is -1.84. The molecule has 0 atom stereocenters. The van der Waals surface area contributed by atoms with Crippen molar-refractivity contribution in [3.05, 3.63) is 120 Å². The SMILES string of the molecule is c1ccc(SCc2ccc(-c3ccc(CSc4ccccc4)cc3)cc2)cc1. The van der Waals surface area contributed by atoms with Crippen LogP contribution in [0.1, 0.15) is 11.1 Å². The van der Waals surface area contributed by atoms with E-state index in [1.165, 1.54) is 32.0 Å². The molecule has 0 aliphatic heterocycles. The van der Waals surface area contributed by atoms with Gasteiger partial charge in [0.25, 0.3) is 0 Å². The Kier molecular flexibility index (Phi) is 6.54. The average Bonchev–Trinajstić information content (AvgIpc) is 2.78. The second kappa shape index (κ2) is 9.68. The summed E-state index contributed by atoms with van der Waals surface area (Å²) < 4.78 is 0. The zero-order valence-electron chi connectivity index (χ0n) is 15.6. The highest BCUT2D eigenvalue weighted by molar-refractivity contribution is 7.98. The summed E-state index contributed by atoms with van der Waals surface area (Å²) in [6.07, 6.45) is 0. The van der Waals surface area contributed by atoms with Crippen molar-refractivity contribution in [2.45, 2.75) is 21.3 Å². The molecule has 0 fully saturated rings. The second-order valence-corrected chi connectivity index (χ2v) is 8.69. The summed E-state index contributed by atoms with van der Waals surface area (Å²) in [4.78, 5) is 2.63. The first-order valence-corrected chi connectivity index (χ1v) is 11.4. The van der Waals surface area contributed by atoms with Crippen molar-refractivity contribution in [1.29, 1.82) is 0 Å². The highest BCUT2D eigenvalue weighted by Crippen LogP contribution is 2.27. The Bertz CT molecular complexity index is 891. The van der Waals surface area contributed by atoms with E-state index in [-0.39, 0.29) is 0 Å². The Labute approximate surface area is 176 Å². The summed E-state index contributed by atoms with van der Waals surface area (Å²) in [5, 5.41) is 0. The van der Waals surface area contributed by atoms with Crippen LogP contribution in [0.5, 0.6) is 0 Å². The Balaban J connectivity index is 1.34. The number of thioether (sulfide) groups is 2. The molecule has 0 spiro atoms. The van der Waals surface area contributed by atoms with Crippen LogP contribution < -0.4 is 0 Å². The number of rotatable bonds is 7. The summed E-state index contributed by atoms with van der Waals surface area (Å²) >= 11 is 3.76. The van der Waals surface area contributed by atoms with Crippen molar-refractivity contribution in [2.24, 2.45) is 0 Å². The first-order chi connectivity index (χ1) is 13.9. The van der Waals surface area contributed by atoms with E-state index in [0.29, 0.717) is 0 Å². The van der Waals surface area contributed by atoms with Gasteiger partial charge in [0.2, 0.25) is 0 Å². The van der Waals surface area contributed by atoms with E-state index in [9.17, 15) is 0 Å². The minimum Gasteiger partial charge on any atom is -0.121 e. The van der Waals surface area contributed by atoms with Crippen molar-refractivity contribution in [2.75, 3.05) is 0 Å². The first kappa shape index (κ1) is 18.9. The molecule has 0 N–H and O–H groups in total. The molecular formula is C26H22S2. The third-order valence-corrected chi connectivity index (χ3v) is 6.70. The van der Waals surface area contributed by atoms with Crippen LogP contribution >= 0.6 is 23.5 Å². The molecule has 0 nitrogen and oxygen atoms in total. The van der Waals surface area contributed by atoms with Crippen LogP contribution in [0, 0.1) is 0 Å². The highest BCUT2D eigenvalue weighted by Gasteiger charge is 2.01. The predicted molar refractivity (Wildman–Crippen MR) is 124 cm³/mol. The third-order valence-electron chi connectivity index (χ3n) is 4.54. The van der Waals surface area contributed by atoms with Crippen LogP contribution in [0.3, 0.4) is 0 Å². The molecule has 0 radical (unpaired) electrons. The van der Waals surface area contributed by atoms with E-state index < -0.39 is 0 Å². The lowest BCUT2D eigenvalue weighted by Gasteiger charge is -2.07. The molecule has 0 aliphatic carbocycles. The van der Waals surface area contributed by atoms with Crippen LogP contribution in [0.15, 0.2) is 119 Å². The molecule has 0 bridgehead atoms. The van der Waals surface area contributed by atoms with Gasteiger partial charge >= 0.3 is 0 Å². The van der Waals surface area contributed by atoms with Crippen LogP contribution in [-0.2, 0) is 11.5 Å². The smallest absolute Gasteiger partial charge is 0.0232 e. The zero-order valence-corrected chi connectivity index (χ0v) is 17.3. The fraction of sp³-hybridized carbons (Fsp3) is 0.0769. The summed E-state index contributed by atoms with van der Waals surface area (Å²) in [6.45, 7) is 0. The molecule has 0 saturated heterocycles. The maximum atomic E-state index is 2.24. The molecule has 0 saturated carbocycles. The lowest BCUT2D eigenvalue weighted by molar-refractivity contribution is 1.37. The van der Waals surface area contributed by atoms with E-state index in [0.717, 1.165) is 11.5 Å². The minimum atomic E-state index is 1.000. The van der Waals surface area contributed by atoms with Crippen LogP contribution in [0.2, 0.25) is 0 Å². The standard InChI is InChI=1S/C26H22S2/c1-3-7-25(8-4-1)27-19-21-11-15-23(16-12-21)24-17-13-22(14-18-24)20-28-26-9-5-2-6-10-26/h1-18H,19-20H2. The number of hydrogen-bond acceptors (Lipinski definition) is 2. The topological polar surface area (TPSA) is 0 Å². The van der Waals surface area contributed by atoms with Gasteiger partial charge < -0.3 is 0 Å². The van der Waals surface area contributed by atoms with Gasteiger partial charge in [-0.3, -0.25) is 0 Å². The van der Waals surface area contributed by atoms with Gasteiger partial charge in [-0.15, -0.1) is 23.5 Å². The van der Waals surface area contributed by atoms with Crippen LogP contribution in [-0.4, -0.2) is 0 Å². The van der Waals surface area contributed by atoms with Crippen molar-refractivity contribution in [1.82, 2.24) is 0 Å².